The van der Waals surface area contributed by atoms with Gasteiger partial charge in [-0.3, -0.25) is 4.79 Å². The van der Waals surface area contributed by atoms with Crippen molar-refractivity contribution >= 4 is 11.7 Å². The third kappa shape index (κ3) is 5.81. The number of hydrogen-bond donors (Lipinski definition) is 2. The summed E-state index contributed by atoms with van der Waals surface area (Å²) >= 11 is 0. The lowest BCUT2D eigenvalue weighted by Crippen LogP contribution is -2.26. The van der Waals surface area contributed by atoms with Crippen LogP contribution in [-0.2, 0) is 6.42 Å². The molecular weight excluding hydrogens is 352 g/mol. The van der Waals surface area contributed by atoms with Crippen LogP contribution in [0.1, 0.15) is 48.2 Å². The zero-order valence-electron chi connectivity index (χ0n) is 16.4. The molecule has 0 unspecified atom stereocenters. The first kappa shape index (κ1) is 19.9. The second kappa shape index (κ2) is 10.4. The van der Waals surface area contributed by atoms with Crippen molar-refractivity contribution in [1.29, 1.82) is 0 Å². The van der Waals surface area contributed by atoms with E-state index in [0.29, 0.717) is 24.6 Å². The molecule has 0 atom stereocenters. The van der Waals surface area contributed by atoms with Crippen LogP contribution in [0.15, 0.2) is 48.0 Å². The highest BCUT2D eigenvalue weighted by Crippen LogP contribution is 2.19. The average molecular weight is 380 g/mol. The predicted octanol–water partition coefficient (Wildman–Crippen LogP) is 3.76. The van der Waals surface area contributed by atoms with E-state index in [1.54, 1.807) is 19.2 Å². The van der Waals surface area contributed by atoms with E-state index in [0.717, 1.165) is 30.6 Å². The van der Waals surface area contributed by atoms with Crippen molar-refractivity contribution in [2.45, 2.75) is 38.5 Å². The zero-order valence-corrected chi connectivity index (χ0v) is 16.4. The van der Waals surface area contributed by atoms with Gasteiger partial charge in [-0.05, 0) is 62.3 Å². The first-order valence-electron chi connectivity index (χ1n) is 9.92. The molecule has 6 heteroatoms. The van der Waals surface area contributed by atoms with Crippen LogP contribution in [0.2, 0.25) is 0 Å². The summed E-state index contributed by atoms with van der Waals surface area (Å²) in [5.74, 6) is 1.36. The molecule has 0 aliphatic heterocycles. The molecule has 0 fully saturated rings. The fourth-order valence-corrected chi connectivity index (χ4v) is 3.34. The van der Waals surface area contributed by atoms with Crippen LogP contribution >= 0.6 is 0 Å². The Morgan fingerprint density at radius 2 is 1.96 bits per heavy atom. The van der Waals surface area contributed by atoms with Crippen molar-refractivity contribution < 1.29 is 9.53 Å². The van der Waals surface area contributed by atoms with Gasteiger partial charge in [0.25, 0.3) is 5.91 Å². The van der Waals surface area contributed by atoms with Crippen molar-refractivity contribution in [1.82, 2.24) is 15.5 Å². The maximum Gasteiger partial charge on any atom is 0.271 e. The number of carbonyl (C=O) groups is 1. The van der Waals surface area contributed by atoms with Crippen LogP contribution in [0.4, 0.5) is 5.82 Å². The summed E-state index contributed by atoms with van der Waals surface area (Å²) in [6, 6.07) is 11.4. The quantitative estimate of drug-likeness (QED) is 0.648. The number of anilines is 1. The molecule has 6 nitrogen and oxygen atoms in total. The number of amides is 1. The summed E-state index contributed by atoms with van der Waals surface area (Å²) in [7, 11) is 1.67. The minimum Gasteiger partial charge on any atom is -0.496 e. The van der Waals surface area contributed by atoms with Gasteiger partial charge in [-0.15, -0.1) is 10.2 Å². The summed E-state index contributed by atoms with van der Waals surface area (Å²) in [5, 5.41) is 14.3. The maximum atomic E-state index is 12.2. The summed E-state index contributed by atoms with van der Waals surface area (Å²) < 4.78 is 5.36. The number of ether oxygens (including phenoxy) is 1. The van der Waals surface area contributed by atoms with Crippen LogP contribution < -0.4 is 15.4 Å². The Morgan fingerprint density at radius 3 is 2.71 bits per heavy atom. The SMILES string of the molecule is COc1ccccc1CCNc1ccc(C(=O)NCCC2=CCCCC2)nn1. The lowest BCUT2D eigenvalue weighted by atomic mass is 9.97. The van der Waals surface area contributed by atoms with Crippen molar-refractivity contribution in [3.8, 4) is 5.75 Å². The van der Waals surface area contributed by atoms with E-state index in [1.807, 2.05) is 24.3 Å². The van der Waals surface area contributed by atoms with Gasteiger partial charge in [0.1, 0.15) is 11.6 Å². The van der Waals surface area contributed by atoms with Crippen molar-refractivity contribution in [3.63, 3.8) is 0 Å². The fraction of sp³-hybridized carbons (Fsp3) is 0.409. The molecule has 3 rings (SSSR count). The van der Waals surface area contributed by atoms with Gasteiger partial charge < -0.3 is 15.4 Å². The van der Waals surface area contributed by atoms with Crippen molar-refractivity contribution in [3.05, 3.63) is 59.3 Å². The second-order valence-corrected chi connectivity index (χ2v) is 6.91. The molecule has 1 amide bonds. The number of benzene rings is 1. The largest absolute Gasteiger partial charge is 0.496 e. The summed E-state index contributed by atoms with van der Waals surface area (Å²) in [6.45, 7) is 1.35. The zero-order chi connectivity index (χ0) is 19.6. The maximum absolute atomic E-state index is 12.2. The molecule has 1 heterocycles. The van der Waals surface area contributed by atoms with Crippen LogP contribution in [0, 0.1) is 0 Å². The monoisotopic (exact) mass is 380 g/mol. The predicted molar refractivity (Wildman–Crippen MR) is 111 cm³/mol. The fourth-order valence-electron chi connectivity index (χ4n) is 3.34. The van der Waals surface area contributed by atoms with Gasteiger partial charge in [0, 0.05) is 13.1 Å². The lowest BCUT2D eigenvalue weighted by Gasteiger charge is -2.12. The number of rotatable bonds is 9. The molecule has 0 bridgehead atoms. The molecule has 0 saturated carbocycles. The molecule has 2 aromatic rings. The number of nitrogens with zero attached hydrogens (tertiary/aromatic N) is 2. The number of aromatic nitrogens is 2. The van der Waals surface area contributed by atoms with Gasteiger partial charge in [-0.25, -0.2) is 0 Å². The highest BCUT2D eigenvalue weighted by Gasteiger charge is 2.09. The smallest absolute Gasteiger partial charge is 0.271 e. The third-order valence-electron chi connectivity index (χ3n) is 4.91. The summed E-state index contributed by atoms with van der Waals surface area (Å²) in [5.41, 5.74) is 2.93. The molecule has 148 valence electrons. The normalized spacial score (nSPS) is 13.5. The first-order valence-corrected chi connectivity index (χ1v) is 9.92. The van der Waals surface area contributed by atoms with Crippen LogP contribution in [0.5, 0.6) is 5.75 Å². The minimum absolute atomic E-state index is 0.176. The number of carbonyl (C=O) groups excluding carboxylic acids is 1. The Labute approximate surface area is 166 Å². The Bertz CT molecular complexity index is 802. The molecule has 0 saturated heterocycles. The van der Waals surface area contributed by atoms with Gasteiger partial charge in [0.15, 0.2) is 5.69 Å². The topological polar surface area (TPSA) is 76.1 Å². The van der Waals surface area contributed by atoms with Crippen LogP contribution in [-0.4, -0.2) is 36.3 Å². The lowest BCUT2D eigenvalue weighted by molar-refractivity contribution is 0.0948. The number of allylic oxidation sites excluding steroid dienone is 1. The highest BCUT2D eigenvalue weighted by molar-refractivity contribution is 5.92. The van der Waals surface area contributed by atoms with Crippen molar-refractivity contribution in [2.24, 2.45) is 0 Å². The second-order valence-electron chi connectivity index (χ2n) is 6.91. The van der Waals surface area contributed by atoms with Gasteiger partial charge in [0.05, 0.1) is 7.11 Å². The summed E-state index contributed by atoms with van der Waals surface area (Å²) in [6.07, 6.45) is 8.90. The van der Waals surface area contributed by atoms with E-state index in [4.69, 9.17) is 4.74 Å². The van der Waals surface area contributed by atoms with Crippen LogP contribution in [0.3, 0.4) is 0 Å². The Balaban J connectivity index is 1.42. The van der Waals surface area contributed by atoms with E-state index >= 15 is 0 Å². The number of hydrogen-bond acceptors (Lipinski definition) is 5. The summed E-state index contributed by atoms with van der Waals surface area (Å²) in [4.78, 5) is 12.2. The molecule has 1 aromatic carbocycles. The van der Waals surface area contributed by atoms with Gasteiger partial charge >= 0.3 is 0 Å². The molecule has 0 radical (unpaired) electrons. The average Bonchev–Trinajstić information content (AvgIpc) is 2.75. The standard InChI is InChI=1S/C22H28N4O2/c1-28-20-10-6-5-9-18(20)14-16-23-21-12-11-19(25-26-21)22(27)24-15-13-17-7-3-2-4-8-17/h5-7,9-12H,2-4,8,13-16H2,1H3,(H,23,26)(H,24,27). The van der Waals surface area contributed by atoms with Crippen molar-refractivity contribution in [2.75, 3.05) is 25.5 Å². The molecule has 0 spiro atoms. The van der Waals surface area contributed by atoms with Gasteiger partial charge in [0.2, 0.25) is 0 Å². The number of para-hydroxylation sites is 1. The Morgan fingerprint density at radius 1 is 1.07 bits per heavy atom. The minimum atomic E-state index is -0.176. The first-order chi connectivity index (χ1) is 13.8. The Kier molecular flexibility index (Phi) is 7.41. The molecule has 1 aliphatic carbocycles. The van der Waals surface area contributed by atoms with E-state index in [9.17, 15) is 4.79 Å². The highest BCUT2D eigenvalue weighted by atomic mass is 16.5. The van der Waals surface area contributed by atoms with E-state index in [1.165, 1.54) is 24.8 Å². The van der Waals surface area contributed by atoms with E-state index in [-0.39, 0.29) is 5.91 Å². The molecule has 2 N–H and O–H groups in total. The van der Waals surface area contributed by atoms with Gasteiger partial charge in [-0.1, -0.05) is 29.8 Å². The third-order valence-corrected chi connectivity index (χ3v) is 4.91. The number of nitrogens with one attached hydrogen (secondary N) is 2. The Hall–Kier alpha value is -2.89. The van der Waals surface area contributed by atoms with E-state index in [2.05, 4.69) is 26.9 Å². The van der Waals surface area contributed by atoms with Gasteiger partial charge in [-0.2, -0.15) is 0 Å². The molecule has 1 aromatic heterocycles. The number of methoxy groups -OCH3 is 1. The van der Waals surface area contributed by atoms with E-state index < -0.39 is 0 Å². The molecular formula is C22H28N4O2. The van der Waals surface area contributed by atoms with Crippen LogP contribution in [0.25, 0.3) is 0 Å². The molecule has 28 heavy (non-hydrogen) atoms. The molecule has 1 aliphatic rings.